The molecule has 1 aromatic rings. The van der Waals surface area contributed by atoms with Gasteiger partial charge in [0.25, 0.3) is 0 Å². The van der Waals surface area contributed by atoms with E-state index < -0.39 is 24.7 Å². The minimum atomic E-state index is -4.48. The Morgan fingerprint density at radius 1 is 1.58 bits per heavy atom. The zero-order valence-corrected chi connectivity index (χ0v) is 10.8. The monoisotopic (exact) mass is 296 g/mol. The summed E-state index contributed by atoms with van der Waals surface area (Å²) in [5.41, 5.74) is 6.16. The van der Waals surface area contributed by atoms with E-state index in [2.05, 4.69) is 4.98 Å². The van der Waals surface area contributed by atoms with Gasteiger partial charge in [-0.25, -0.2) is 4.98 Å². The summed E-state index contributed by atoms with van der Waals surface area (Å²) in [5.74, 6) is -1.53. The highest BCUT2D eigenvalue weighted by atomic mass is 35.5. The van der Waals surface area contributed by atoms with Gasteiger partial charge >= 0.3 is 6.18 Å². The zero-order chi connectivity index (χ0) is 14.3. The molecule has 0 spiro atoms. The first-order chi connectivity index (χ1) is 8.78. The van der Waals surface area contributed by atoms with Crippen LogP contribution in [0.25, 0.3) is 0 Å². The highest BCUT2D eigenvalue weighted by Crippen LogP contribution is 2.44. The molecule has 1 saturated heterocycles. The lowest BCUT2D eigenvalue weighted by atomic mass is 10.0. The second-order valence-electron chi connectivity index (χ2n) is 4.16. The van der Waals surface area contributed by atoms with Gasteiger partial charge in [-0.15, -0.1) is 0 Å². The van der Waals surface area contributed by atoms with Gasteiger partial charge in [0.2, 0.25) is 0 Å². The summed E-state index contributed by atoms with van der Waals surface area (Å²) < 4.78 is 48.3. The Balaban J connectivity index is 2.37. The number of alkyl halides is 3. The summed E-state index contributed by atoms with van der Waals surface area (Å²) >= 11 is 5.74. The highest BCUT2D eigenvalue weighted by molar-refractivity contribution is 6.29. The number of hydrogen-bond donors (Lipinski definition) is 1. The fourth-order valence-corrected chi connectivity index (χ4v) is 2.11. The summed E-state index contributed by atoms with van der Waals surface area (Å²) in [6, 6.07) is 1.36. The van der Waals surface area contributed by atoms with E-state index in [0.717, 1.165) is 0 Å². The average Bonchev–Trinajstić information content (AvgIpc) is 2.77. The molecule has 1 aromatic heterocycles. The van der Waals surface area contributed by atoms with Crippen molar-refractivity contribution in [3.8, 4) is 0 Å². The van der Waals surface area contributed by atoms with Crippen LogP contribution in [0, 0.1) is 0 Å². The Morgan fingerprint density at radius 2 is 2.26 bits per heavy atom. The Bertz CT molecular complexity index is 483. The van der Waals surface area contributed by atoms with Crippen molar-refractivity contribution < 1.29 is 22.6 Å². The molecule has 8 heteroatoms. The molecule has 1 aliphatic rings. The summed E-state index contributed by atoms with van der Waals surface area (Å²) in [7, 11) is 0. The van der Waals surface area contributed by atoms with Gasteiger partial charge in [-0.05, 0) is 6.07 Å². The number of hydrogen-bond acceptors (Lipinski definition) is 4. The van der Waals surface area contributed by atoms with Crippen molar-refractivity contribution in [2.45, 2.75) is 31.4 Å². The average molecular weight is 297 g/mol. The second kappa shape index (κ2) is 4.81. The quantitative estimate of drug-likeness (QED) is 0.853. The minimum Gasteiger partial charge on any atom is -0.397 e. The number of rotatable bonds is 2. The summed E-state index contributed by atoms with van der Waals surface area (Å²) in [4.78, 5) is 3.75. The summed E-state index contributed by atoms with van der Waals surface area (Å²) in [6.45, 7) is 1.07. The molecule has 0 aliphatic carbocycles. The second-order valence-corrected chi connectivity index (χ2v) is 4.55. The molecule has 0 aromatic carbocycles. The van der Waals surface area contributed by atoms with Crippen molar-refractivity contribution in [3.63, 3.8) is 0 Å². The van der Waals surface area contributed by atoms with Crippen LogP contribution >= 0.6 is 11.6 Å². The lowest BCUT2D eigenvalue weighted by Gasteiger charge is -2.28. The first-order valence-corrected chi connectivity index (χ1v) is 5.96. The molecule has 2 rings (SSSR count). The van der Waals surface area contributed by atoms with E-state index in [1.165, 1.54) is 12.3 Å². The van der Waals surface area contributed by atoms with Gasteiger partial charge in [0.05, 0.1) is 18.5 Å². The van der Waals surface area contributed by atoms with Gasteiger partial charge in [0.1, 0.15) is 5.15 Å². The van der Waals surface area contributed by atoms with Gasteiger partial charge in [-0.3, -0.25) is 0 Å². The molecule has 4 nitrogen and oxygen atoms in total. The first kappa shape index (κ1) is 14.4. The number of aromatic nitrogens is 1. The number of nitrogens with two attached hydrogens (primary N) is 1. The molecule has 19 heavy (non-hydrogen) atoms. The normalized spacial score (nSPS) is 27.7. The van der Waals surface area contributed by atoms with Gasteiger partial charge in [-0.2, -0.15) is 13.2 Å². The van der Waals surface area contributed by atoms with Gasteiger partial charge in [0.15, 0.2) is 11.9 Å². The number of anilines is 1. The van der Waals surface area contributed by atoms with Crippen LogP contribution in [0.3, 0.4) is 0 Å². The third kappa shape index (κ3) is 2.63. The largest absolute Gasteiger partial charge is 0.417 e. The highest BCUT2D eigenvalue weighted by Gasteiger charge is 2.53. The van der Waals surface area contributed by atoms with Crippen molar-refractivity contribution >= 4 is 17.3 Å². The lowest BCUT2D eigenvalue weighted by molar-refractivity contribution is -0.247. The molecule has 0 radical (unpaired) electrons. The SMILES string of the molecule is CC[C@@]1(c2cc(Cl)ncc2N)OC[C@@H](C(F)(F)F)O1. The van der Waals surface area contributed by atoms with Crippen LogP contribution in [0.2, 0.25) is 5.15 Å². The Hall–Kier alpha value is -1.05. The maximum Gasteiger partial charge on any atom is 0.417 e. The maximum atomic E-state index is 12.7. The van der Waals surface area contributed by atoms with E-state index in [4.69, 9.17) is 26.8 Å². The van der Waals surface area contributed by atoms with E-state index in [-0.39, 0.29) is 22.8 Å². The van der Waals surface area contributed by atoms with Crippen molar-refractivity contribution in [1.29, 1.82) is 0 Å². The van der Waals surface area contributed by atoms with Crippen molar-refractivity contribution in [2.24, 2.45) is 0 Å². The topological polar surface area (TPSA) is 57.4 Å². The van der Waals surface area contributed by atoms with Crippen LogP contribution < -0.4 is 5.73 Å². The summed E-state index contributed by atoms with van der Waals surface area (Å²) in [6.07, 6.45) is -5.02. The zero-order valence-electron chi connectivity index (χ0n) is 10.00. The number of pyridine rings is 1. The van der Waals surface area contributed by atoms with Gasteiger partial charge in [0, 0.05) is 12.0 Å². The third-order valence-electron chi connectivity index (χ3n) is 2.94. The first-order valence-electron chi connectivity index (χ1n) is 5.58. The standard InChI is InChI=1S/C11H12ClF3N2O2/c1-2-10(6-3-9(12)17-4-7(6)16)18-5-8(19-10)11(13,14)15/h3-4,8H,2,5,16H2,1H3/t8-,10+/m0/s1. The molecule has 2 N–H and O–H groups in total. The van der Waals surface area contributed by atoms with E-state index in [1.807, 2.05) is 0 Å². The van der Waals surface area contributed by atoms with Crippen LogP contribution in [0.15, 0.2) is 12.3 Å². The molecule has 0 saturated carbocycles. The molecular weight excluding hydrogens is 285 g/mol. The number of halogens is 4. The number of nitrogens with zero attached hydrogens (tertiary/aromatic N) is 1. The van der Waals surface area contributed by atoms with Gasteiger partial charge < -0.3 is 15.2 Å². The predicted octanol–water partition coefficient (Wildman–Crippen LogP) is 2.86. The molecule has 0 bridgehead atoms. The molecule has 0 amide bonds. The van der Waals surface area contributed by atoms with Crippen LogP contribution in [0.1, 0.15) is 18.9 Å². The number of nitrogen functional groups attached to an aromatic ring is 1. The molecule has 106 valence electrons. The van der Waals surface area contributed by atoms with Crippen LogP contribution in [-0.2, 0) is 15.3 Å². The minimum absolute atomic E-state index is 0.111. The lowest BCUT2D eigenvalue weighted by Crippen LogP contribution is -2.34. The van der Waals surface area contributed by atoms with Gasteiger partial charge in [-0.1, -0.05) is 18.5 Å². The van der Waals surface area contributed by atoms with E-state index in [1.54, 1.807) is 6.92 Å². The van der Waals surface area contributed by atoms with Crippen LogP contribution in [0.4, 0.5) is 18.9 Å². The van der Waals surface area contributed by atoms with E-state index in [0.29, 0.717) is 0 Å². The molecule has 2 heterocycles. The number of ether oxygens (including phenoxy) is 2. The Morgan fingerprint density at radius 3 is 2.79 bits per heavy atom. The Kier molecular flexibility index (Phi) is 3.63. The molecule has 0 unspecified atom stereocenters. The van der Waals surface area contributed by atoms with Crippen LogP contribution in [0.5, 0.6) is 0 Å². The van der Waals surface area contributed by atoms with Crippen molar-refractivity contribution in [2.75, 3.05) is 12.3 Å². The van der Waals surface area contributed by atoms with E-state index >= 15 is 0 Å². The molecule has 1 aliphatic heterocycles. The van der Waals surface area contributed by atoms with Crippen LogP contribution in [-0.4, -0.2) is 23.9 Å². The van der Waals surface area contributed by atoms with E-state index in [9.17, 15) is 13.2 Å². The predicted molar refractivity (Wildman–Crippen MR) is 62.5 cm³/mol. The third-order valence-corrected chi connectivity index (χ3v) is 3.15. The fraction of sp³-hybridized carbons (Fsp3) is 0.545. The Labute approximate surface area is 112 Å². The molecule has 1 fully saturated rings. The maximum absolute atomic E-state index is 12.7. The smallest absolute Gasteiger partial charge is 0.397 e. The van der Waals surface area contributed by atoms with Crippen molar-refractivity contribution in [3.05, 3.63) is 23.0 Å². The molecule has 2 atom stereocenters. The van der Waals surface area contributed by atoms with Crippen molar-refractivity contribution in [1.82, 2.24) is 4.98 Å². The summed E-state index contributed by atoms with van der Waals surface area (Å²) in [5, 5.41) is 0.111. The molecular formula is C11H12ClF3N2O2. The fourth-order valence-electron chi connectivity index (χ4n) is 1.96.